The summed E-state index contributed by atoms with van der Waals surface area (Å²) in [5.74, 6) is 0.0276. The number of carbonyl (C=O) groups is 1. The van der Waals surface area contributed by atoms with E-state index < -0.39 is 0 Å². The average Bonchev–Trinajstić information content (AvgIpc) is 3.19. The van der Waals surface area contributed by atoms with E-state index in [1.54, 1.807) is 23.5 Å². The summed E-state index contributed by atoms with van der Waals surface area (Å²) in [4.78, 5) is 23.6. The lowest BCUT2D eigenvalue weighted by atomic mass is 10.1. The highest BCUT2D eigenvalue weighted by atomic mass is 32.1. The van der Waals surface area contributed by atoms with Crippen molar-refractivity contribution in [3.05, 3.63) is 46.9 Å². The molecule has 148 valence electrons. The molecule has 7 heteroatoms. The number of imidazole rings is 1. The summed E-state index contributed by atoms with van der Waals surface area (Å²) in [5.41, 5.74) is 2.96. The molecule has 0 unspecified atom stereocenters. The fourth-order valence-corrected chi connectivity index (χ4v) is 4.54. The Morgan fingerprint density at radius 3 is 2.50 bits per heavy atom. The minimum atomic E-state index is -0.242. The number of aryl methyl sites for hydroxylation is 1. The number of halogens is 1. The standard InChI is InChI=1S/C21H25FN4OS/c1-14(2)20(27)25-10-8-24(9-11-25)13-18-19(16-4-6-17(22)7-5-16)23-21-26(18)12-15(3)28-21/h4-7,12,14H,8-11,13H2,1-3H3. The van der Waals surface area contributed by atoms with Crippen LogP contribution in [0.4, 0.5) is 4.39 Å². The molecule has 4 rings (SSSR count). The van der Waals surface area contributed by atoms with Gasteiger partial charge in [0.15, 0.2) is 4.96 Å². The highest BCUT2D eigenvalue weighted by Crippen LogP contribution is 2.29. The van der Waals surface area contributed by atoms with Crippen molar-refractivity contribution in [1.29, 1.82) is 0 Å². The van der Waals surface area contributed by atoms with E-state index in [1.165, 1.54) is 17.0 Å². The van der Waals surface area contributed by atoms with Crippen molar-refractivity contribution in [2.75, 3.05) is 26.2 Å². The van der Waals surface area contributed by atoms with Gasteiger partial charge in [0.2, 0.25) is 5.91 Å². The highest BCUT2D eigenvalue weighted by Gasteiger charge is 2.25. The molecule has 1 fully saturated rings. The molecule has 0 radical (unpaired) electrons. The molecule has 3 heterocycles. The number of aromatic nitrogens is 2. The zero-order valence-corrected chi connectivity index (χ0v) is 17.3. The smallest absolute Gasteiger partial charge is 0.225 e. The number of carbonyl (C=O) groups excluding carboxylic acids is 1. The van der Waals surface area contributed by atoms with Crippen LogP contribution in [0, 0.1) is 18.7 Å². The largest absolute Gasteiger partial charge is 0.340 e. The zero-order chi connectivity index (χ0) is 19.8. The molecular formula is C21H25FN4OS. The van der Waals surface area contributed by atoms with Crippen molar-refractivity contribution in [2.45, 2.75) is 27.3 Å². The lowest BCUT2D eigenvalue weighted by molar-refractivity contribution is -0.136. The van der Waals surface area contributed by atoms with E-state index in [1.807, 2.05) is 18.7 Å². The molecule has 0 N–H and O–H groups in total. The second kappa shape index (κ2) is 7.64. The number of piperazine rings is 1. The first kappa shape index (κ1) is 19.1. The Bertz CT molecular complexity index is 984. The van der Waals surface area contributed by atoms with Crippen molar-refractivity contribution in [1.82, 2.24) is 19.2 Å². The summed E-state index contributed by atoms with van der Waals surface area (Å²) in [5, 5.41) is 0. The van der Waals surface area contributed by atoms with Crippen LogP contribution < -0.4 is 0 Å². The number of benzene rings is 1. The first-order valence-electron chi connectivity index (χ1n) is 9.67. The van der Waals surface area contributed by atoms with Crippen LogP contribution in [0.3, 0.4) is 0 Å². The van der Waals surface area contributed by atoms with Gasteiger partial charge in [-0.1, -0.05) is 13.8 Å². The number of hydrogen-bond acceptors (Lipinski definition) is 4. The fourth-order valence-electron chi connectivity index (χ4n) is 3.69. The number of amides is 1. The average molecular weight is 401 g/mol. The van der Waals surface area contributed by atoms with Crippen LogP contribution in [-0.4, -0.2) is 51.3 Å². The van der Waals surface area contributed by atoms with Crippen molar-refractivity contribution >= 4 is 22.2 Å². The predicted octanol–water partition coefficient (Wildman–Crippen LogP) is 3.81. The van der Waals surface area contributed by atoms with E-state index in [-0.39, 0.29) is 17.6 Å². The Labute approximate surface area is 168 Å². The quantitative estimate of drug-likeness (QED) is 0.669. The molecule has 0 aliphatic carbocycles. The van der Waals surface area contributed by atoms with Gasteiger partial charge in [-0.25, -0.2) is 9.37 Å². The maximum Gasteiger partial charge on any atom is 0.225 e. The van der Waals surface area contributed by atoms with E-state index >= 15 is 0 Å². The Kier molecular flexibility index (Phi) is 5.21. The van der Waals surface area contributed by atoms with Gasteiger partial charge in [-0.2, -0.15) is 0 Å². The zero-order valence-electron chi connectivity index (χ0n) is 16.5. The van der Waals surface area contributed by atoms with Gasteiger partial charge in [-0.15, -0.1) is 11.3 Å². The van der Waals surface area contributed by atoms with E-state index in [2.05, 4.69) is 22.4 Å². The third kappa shape index (κ3) is 3.69. The molecular weight excluding hydrogens is 375 g/mol. The minimum absolute atomic E-state index is 0.0415. The fraction of sp³-hybridized carbons (Fsp3) is 0.429. The third-order valence-electron chi connectivity index (χ3n) is 5.21. The maximum absolute atomic E-state index is 13.4. The number of rotatable bonds is 4. The summed E-state index contributed by atoms with van der Waals surface area (Å²) >= 11 is 1.66. The Balaban J connectivity index is 1.59. The van der Waals surface area contributed by atoms with Crippen LogP contribution in [0.15, 0.2) is 30.5 Å². The van der Waals surface area contributed by atoms with Crippen LogP contribution in [0.2, 0.25) is 0 Å². The van der Waals surface area contributed by atoms with Crippen LogP contribution in [0.25, 0.3) is 16.2 Å². The molecule has 1 aromatic carbocycles. The number of thiazole rings is 1. The van der Waals surface area contributed by atoms with E-state index in [9.17, 15) is 9.18 Å². The second-order valence-electron chi connectivity index (χ2n) is 7.66. The molecule has 0 saturated carbocycles. The molecule has 1 amide bonds. The summed E-state index contributed by atoms with van der Waals surface area (Å²) < 4.78 is 15.5. The lowest BCUT2D eigenvalue weighted by Gasteiger charge is -2.35. The molecule has 1 saturated heterocycles. The molecule has 5 nitrogen and oxygen atoms in total. The van der Waals surface area contributed by atoms with Gasteiger partial charge in [-0.05, 0) is 31.2 Å². The van der Waals surface area contributed by atoms with Gasteiger partial charge in [0.05, 0.1) is 11.4 Å². The molecule has 0 spiro atoms. The van der Waals surface area contributed by atoms with Gasteiger partial charge in [0, 0.05) is 55.3 Å². The SMILES string of the molecule is Cc1cn2c(CN3CCN(C(=O)C(C)C)CC3)c(-c3ccc(F)cc3)nc2s1. The Morgan fingerprint density at radius 1 is 1.18 bits per heavy atom. The molecule has 3 aromatic rings. The Hall–Kier alpha value is -2.25. The van der Waals surface area contributed by atoms with Crippen molar-refractivity contribution in [3.63, 3.8) is 0 Å². The molecule has 2 aromatic heterocycles. The summed E-state index contributed by atoms with van der Waals surface area (Å²) in [6.07, 6.45) is 2.12. The minimum Gasteiger partial charge on any atom is -0.340 e. The predicted molar refractivity (Wildman–Crippen MR) is 110 cm³/mol. The van der Waals surface area contributed by atoms with E-state index in [0.717, 1.165) is 54.6 Å². The molecule has 0 atom stereocenters. The first-order chi connectivity index (χ1) is 13.4. The topological polar surface area (TPSA) is 40.9 Å². The van der Waals surface area contributed by atoms with Gasteiger partial charge in [0.25, 0.3) is 0 Å². The number of fused-ring (bicyclic) bond motifs is 1. The number of hydrogen-bond donors (Lipinski definition) is 0. The third-order valence-corrected chi connectivity index (χ3v) is 6.11. The number of nitrogens with zero attached hydrogens (tertiary/aromatic N) is 4. The van der Waals surface area contributed by atoms with Crippen molar-refractivity contribution in [3.8, 4) is 11.3 Å². The van der Waals surface area contributed by atoms with E-state index in [0.29, 0.717) is 0 Å². The lowest BCUT2D eigenvalue weighted by Crippen LogP contribution is -2.49. The summed E-state index contributed by atoms with van der Waals surface area (Å²) in [7, 11) is 0. The summed E-state index contributed by atoms with van der Waals surface area (Å²) in [6.45, 7) is 9.94. The van der Waals surface area contributed by atoms with Gasteiger partial charge in [0.1, 0.15) is 5.82 Å². The highest BCUT2D eigenvalue weighted by molar-refractivity contribution is 7.17. The van der Waals surface area contributed by atoms with Gasteiger partial charge < -0.3 is 4.90 Å². The molecule has 1 aliphatic heterocycles. The molecule has 28 heavy (non-hydrogen) atoms. The van der Waals surface area contributed by atoms with E-state index in [4.69, 9.17) is 4.98 Å². The molecule has 1 aliphatic rings. The summed E-state index contributed by atoms with van der Waals surface area (Å²) in [6, 6.07) is 6.54. The van der Waals surface area contributed by atoms with Crippen LogP contribution in [0.5, 0.6) is 0 Å². The van der Waals surface area contributed by atoms with Crippen LogP contribution in [-0.2, 0) is 11.3 Å². The second-order valence-corrected chi connectivity index (χ2v) is 8.88. The first-order valence-corrected chi connectivity index (χ1v) is 10.5. The monoisotopic (exact) mass is 400 g/mol. The van der Waals surface area contributed by atoms with Crippen LogP contribution >= 0.6 is 11.3 Å². The van der Waals surface area contributed by atoms with Gasteiger partial charge >= 0.3 is 0 Å². The van der Waals surface area contributed by atoms with Gasteiger partial charge in [-0.3, -0.25) is 14.1 Å². The van der Waals surface area contributed by atoms with Crippen molar-refractivity contribution < 1.29 is 9.18 Å². The maximum atomic E-state index is 13.4. The van der Waals surface area contributed by atoms with Crippen molar-refractivity contribution in [2.24, 2.45) is 5.92 Å². The normalized spacial score (nSPS) is 15.7. The Morgan fingerprint density at radius 2 is 1.86 bits per heavy atom. The molecule has 0 bridgehead atoms. The van der Waals surface area contributed by atoms with Crippen LogP contribution in [0.1, 0.15) is 24.4 Å².